The van der Waals surface area contributed by atoms with Crippen molar-refractivity contribution in [2.75, 3.05) is 0 Å². The number of hydrogen-bond donors (Lipinski definition) is 2. The Balaban J connectivity index is 1.65. The molecule has 16 heavy (non-hydrogen) atoms. The van der Waals surface area contributed by atoms with Gasteiger partial charge in [0.2, 0.25) is 0 Å². The summed E-state index contributed by atoms with van der Waals surface area (Å²) in [7, 11) is 0. The lowest BCUT2D eigenvalue weighted by molar-refractivity contribution is -0.0155. The molecule has 0 heterocycles. The fraction of sp³-hybridized carbons (Fsp3) is 0.538. The number of hydrogen-bond acceptors (Lipinski definition) is 3. The third-order valence-electron chi connectivity index (χ3n) is 3.03. The second kappa shape index (κ2) is 5.99. The van der Waals surface area contributed by atoms with Crippen LogP contribution in [0.5, 0.6) is 0 Å². The molecule has 3 nitrogen and oxygen atoms in total. The van der Waals surface area contributed by atoms with Crippen molar-refractivity contribution in [1.29, 1.82) is 0 Å². The monoisotopic (exact) mass is 221 g/mol. The minimum absolute atomic E-state index is 0.104. The molecule has 0 aliphatic heterocycles. The maximum absolute atomic E-state index is 9.36. The average molecular weight is 221 g/mol. The Morgan fingerprint density at radius 3 is 2.50 bits per heavy atom. The summed E-state index contributed by atoms with van der Waals surface area (Å²) in [4.78, 5) is 5.46. The van der Waals surface area contributed by atoms with Crippen LogP contribution in [-0.2, 0) is 11.4 Å². The molecule has 0 atom stereocenters. The zero-order valence-electron chi connectivity index (χ0n) is 9.43. The fourth-order valence-electron chi connectivity index (χ4n) is 2.01. The van der Waals surface area contributed by atoms with E-state index < -0.39 is 0 Å². The largest absolute Gasteiger partial charge is 0.393 e. The summed E-state index contributed by atoms with van der Waals surface area (Å²) >= 11 is 0. The topological polar surface area (TPSA) is 41.5 Å². The van der Waals surface area contributed by atoms with Crippen molar-refractivity contribution in [3.05, 3.63) is 35.9 Å². The lowest BCUT2D eigenvalue weighted by Gasteiger charge is -2.25. The number of aliphatic hydroxyl groups excluding tert-OH is 1. The molecule has 0 amide bonds. The van der Waals surface area contributed by atoms with Gasteiger partial charge in [-0.1, -0.05) is 30.3 Å². The van der Waals surface area contributed by atoms with Gasteiger partial charge >= 0.3 is 0 Å². The van der Waals surface area contributed by atoms with Crippen LogP contribution >= 0.6 is 0 Å². The van der Waals surface area contributed by atoms with Crippen LogP contribution in [0.15, 0.2) is 30.3 Å². The van der Waals surface area contributed by atoms with Gasteiger partial charge in [-0.2, -0.15) is 5.48 Å². The highest BCUT2D eigenvalue weighted by atomic mass is 16.6. The molecule has 1 aliphatic carbocycles. The Morgan fingerprint density at radius 1 is 1.12 bits per heavy atom. The summed E-state index contributed by atoms with van der Waals surface area (Å²) in [6.45, 7) is 0.597. The van der Waals surface area contributed by atoms with Gasteiger partial charge in [-0.25, -0.2) is 0 Å². The van der Waals surface area contributed by atoms with Crippen LogP contribution in [0.25, 0.3) is 0 Å². The van der Waals surface area contributed by atoms with Crippen LogP contribution < -0.4 is 5.48 Å². The van der Waals surface area contributed by atoms with Gasteiger partial charge in [0.05, 0.1) is 12.7 Å². The van der Waals surface area contributed by atoms with Crippen molar-refractivity contribution in [2.24, 2.45) is 0 Å². The van der Waals surface area contributed by atoms with Crippen LogP contribution in [0, 0.1) is 0 Å². The molecule has 0 saturated heterocycles. The van der Waals surface area contributed by atoms with Gasteiger partial charge in [0.15, 0.2) is 0 Å². The SMILES string of the molecule is OC1CCC(NOCc2ccccc2)CC1. The van der Waals surface area contributed by atoms with Crippen LogP contribution in [0.2, 0.25) is 0 Å². The number of aliphatic hydroxyl groups is 1. The quantitative estimate of drug-likeness (QED) is 0.764. The van der Waals surface area contributed by atoms with Crippen LogP contribution in [0.4, 0.5) is 0 Å². The minimum atomic E-state index is -0.104. The Bertz CT molecular complexity index is 294. The number of hydroxylamine groups is 1. The molecule has 0 unspecified atom stereocenters. The Hall–Kier alpha value is -0.900. The zero-order chi connectivity index (χ0) is 11.2. The molecule has 1 fully saturated rings. The van der Waals surface area contributed by atoms with Crippen LogP contribution in [0.1, 0.15) is 31.2 Å². The van der Waals surface area contributed by atoms with Gasteiger partial charge < -0.3 is 5.11 Å². The smallest absolute Gasteiger partial charge is 0.0933 e. The molecule has 1 aromatic rings. The van der Waals surface area contributed by atoms with Gasteiger partial charge in [-0.3, -0.25) is 4.84 Å². The summed E-state index contributed by atoms with van der Waals surface area (Å²) in [5.74, 6) is 0. The highest BCUT2D eigenvalue weighted by Crippen LogP contribution is 2.18. The van der Waals surface area contributed by atoms with Gasteiger partial charge in [0.1, 0.15) is 0 Å². The highest BCUT2D eigenvalue weighted by Gasteiger charge is 2.18. The molecule has 2 rings (SSSR count). The first-order chi connectivity index (χ1) is 7.84. The van der Waals surface area contributed by atoms with Crippen molar-refractivity contribution in [3.63, 3.8) is 0 Å². The molecule has 2 N–H and O–H groups in total. The lowest BCUT2D eigenvalue weighted by Crippen LogP contribution is -2.34. The van der Waals surface area contributed by atoms with Gasteiger partial charge in [-0.05, 0) is 31.2 Å². The standard InChI is InChI=1S/C13H19NO2/c15-13-8-6-12(7-9-13)14-16-10-11-4-2-1-3-5-11/h1-5,12-15H,6-10H2. The minimum Gasteiger partial charge on any atom is -0.393 e. The Morgan fingerprint density at radius 2 is 1.81 bits per heavy atom. The van der Waals surface area contributed by atoms with E-state index in [1.165, 1.54) is 5.56 Å². The Kier molecular flexibility index (Phi) is 4.34. The summed E-state index contributed by atoms with van der Waals surface area (Å²) in [6, 6.07) is 10.5. The molecule has 0 spiro atoms. The molecular formula is C13H19NO2. The van der Waals surface area contributed by atoms with Crippen molar-refractivity contribution in [1.82, 2.24) is 5.48 Å². The maximum atomic E-state index is 9.36. The molecule has 0 bridgehead atoms. The van der Waals surface area contributed by atoms with E-state index in [0.717, 1.165) is 25.7 Å². The molecule has 0 radical (unpaired) electrons. The van der Waals surface area contributed by atoms with E-state index in [9.17, 15) is 5.11 Å². The van der Waals surface area contributed by atoms with E-state index in [4.69, 9.17) is 4.84 Å². The maximum Gasteiger partial charge on any atom is 0.0933 e. The zero-order valence-corrected chi connectivity index (χ0v) is 9.43. The molecule has 0 aromatic heterocycles. The molecule has 3 heteroatoms. The first-order valence-electron chi connectivity index (χ1n) is 5.94. The van der Waals surface area contributed by atoms with Gasteiger partial charge in [-0.15, -0.1) is 0 Å². The average Bonchev–Trinajstić information content (AvgIpc) is 2.33. The van der Waals surface area contributed by atoms with Crippen molar-refractivity contribution >= 4 is 0 Å². The van der Waals surface area contributed by atoms with Gasteiger partial charge in [0.25, 0.3) is 0 Å². The van der Waals surface area contributed by atoms with E-state index in [-0.39, 0.29) is 6.10 Å². The van der Waals surface area contributed by atoms with Crippen LogP contribution in [0.3, 0.4) is 0 Å². The first kappa shape index (κ1) is 11.6. The summed E-state index contributed by atoms with van der Waals surface area (Å²) < 4.78 is 0. The number of nitrogens with one attached hydrogen (secondary N) is 1. The van der Waals surface area contributed by atoms with E-state index in [0.29, 0.717) is 12.6 Å². The molecule has 1 aliphatic rings. The van der Waals surface area contributed by atoms with Crippen molar-refractivity contribution in [3.8, 4) is 0 Å². The highest BCUT2D eigenvalue weighted by molar-refractivity contribution is 5.13. The van der Waals surface area contributed by atoms with Crippen molar-refractivity contribution in [2.45, 2.75) is 44.4 Å². The summed E-state index contributed by atoms with van der Waals surface area (Å²) in [6.07, 6.45) is 3.65. The van der Waals surface area contributed by atoms with E-state index in [2.05, 4.69) is 5.48 Å². The second-order valence-electron chi connectivity index (χ2n) is 4.40. The first-order valence-corrected chi connectivity index (χ1v) is 5.94. The molecule has 1 aromatic carbocycles. The predicted octanol–water partition coefficient (Wildman–Crippen LogP) is 2.01. The summed E-state index contributed by atoms with van der Waals surface area (Å²) in [5, 5.41) is 9.36. The molecular weight excluding hydrogens is 202 g/mol. The molecule has 1 saturated carbocycles. The van der Waals surface area contributed by atoms with Crippen molar-refractivity contribution < 1.29 is 9.94 Å². The third kappa shape index (κ3) is 3.59. The third-order valence-corrected chi connectivity index (χ3v) is 3.03. The normalized spacial score (nSPS) is 25.6. The molecule has 88 valence electrons. The van der Waals surface area contributed by atoms with Gasteiger partial charge in [0, 0.05) is 6.04 Å². The van der Waals surface area contributed by atoms with E-state index in [1.807, 2.05) is 30.3 Å². The summed E-state index contributed by atoms with van der Waals surface area (Å²) in [5.41, 5.74) is 4.25. The lowest BCUT2D eigenvalue weighted by atomic mass is 9.94. The van der Waals surface area contributed by atoms with E-state index >= 15 is 0 Å². The fourth-order valence-corrected chi connectivity index (χ4v) is 2.01. The van der Waals surface area contributed by atoms with E-state index in [1.54, 1.807) is 0 Å². The second-order valence-corrected chi connectivity index (χ2v) is 4.40. The predicted molar refractivity (Wildman–Crippen MR) is 62.6 cm³/mol. The Labute approximate surface area is 96.4 Å². The van der Waals surface area contributed by atoms with Crippen LogP contribution in [-0.4, -0.2) is 17.3 Å². The number of rotatable bonds is 4. The number of benzene rings is 1.